The number of carbonyl (C=O) groups excluding carboxylic acids is 2. The molecule has 12 heavy (non-hydrogen) atoms. The predicted molar refractivity (Wildman–Crippen MR) is 44.9 cm³/mol. The van der Waals surface area contributed by atoms with Crippen LogP contribution in [0.25, 0.3) is 0 Å². The zero-order valence-electron chi connectivity index (χ0n) is 7.05. The summed E-state index contributed by atoms with van der Waals surface area (Å²) in [5.74, 6) is -0.211. The molecule has 4 heteroatoms. The summed E-state index contributed by atoms with van der Waals surface area (Å²) in [6.07, 6.45) is 1.60. The third kappa shape index (κ3) is 2.02. The summed E-state index contributed by atoms with van der Waals surface area (Å²) >= 11 is 0. The van der Waals surface area contributed by atoms with Gasteiger partial charge in [-0.1, -0.05) is 0 Å². The van der Waals surface area contributed by atoms with Crippen molar-refractivity contribution >= 4 is 17.4 Å². The molecule has 1 N–H and O–H groups in total. The number of allylic oxidation sites excluding steroid dienone is 1. The van der Waals surface area contributed by atoms with Crippen molar-refractivity contribution in [2.45, 2.75) is 13.8 Å². The standard InChI is InChI=1S/C8H10N2O2/c1-5(11)8-3-7(4-9-8)10-6(2)12/h3H,4H2,1-2H3,(H,10,12). The number of nitrogens with one attached hydrogen (secondary N) is 1. The summed E-state index contributed by atoms with van der Waals surface area (Å²) in [7, 11) is 0. The average molecular weight is 166 g/mol. The summed E-state index contributed by atoms with van der Waals surface area (Å²) in [6, 6.07) is 0. The minimum Gasteiger partial charge on any atom is -0.328 e. The maximum atomic E-state index is 10.8. The molecule has 1 aliphatic heterocycles. The van der Waals surface area contributed by atoms with Crippen molar-refractivity contribution in [3.05, 3.63) is 11.8 Å². The molecule has 1 amide bonds. The summed E-state index contributed by atoms with van der Waals surface area (Å²) < 4.78 is 0. The van der Waals surface area contributed by atoms with Gasteiger partial charge in [-0.05, 0) is 6.08 Å². The van der Waals surface area contributed by atoms with Gasteiger partial charge in [0.15, 0.2) is 5.78 Å². The first kappa shape index (κ1) is 8.64. The van der Waals surface area contributed by atoms with Crippen LogP contribution in [0.2, 0.25) is 0 Å². The quantitative estimate of drug-likeness (QED) is 0.630. The van der Waals surface area contributed by atoms with E-state index in [-0.39, 0.29) is 11.7 Å². The highest BCUT2D eigenvalue weighted by atomic mass is 16.1. The van der Waals surface area contributed by atoms with Crippen LogP contribution in [0, 0.1) is 0 Å². The molecule has 4 nitrogen and oxygen atoms in total. The van der Waals surface area contributed by atoms with Gasteiger partial charge in [-0.15, -0.1) is 0 Å². The first-order valence-corrected chi connectivity index (χ1v) is 3.63. The fraction of sp³-hybridized carbons (Fsp3) is 0.375. The van der Waals surface area contributed by atoms with Gasteiger partial charge in [0, 0.05) is 19.5 Å². The molecule has 0 atom stereocenters. The van der Waals surface area contributed by atoms with E-state index >= 15 is 0 Å². The molecule has 0 unspecified atom stereocenters. The van der Waals surface area contributed by atoms with E-state index in [1.165, 1.54) is 13.8 Å². The molecule has 0 fully saturated rings. The molecule has 1 heterocycles. The molecule has 0 bridgehead atoms. The Kier molecular flexibility index (Phi) is 2.38. The van der Waals surface area contributed by atoms with Gasteiger partial charge in [-0.2, -0.15) is 0 Å². The average Bonchev–Trinajstić information content (AvgIpc) is 2.34. The second kappa shape index (κ2) is 3.30. The first-order valence-electron chi connectivity index (χ1n) is 3.63. The van der Waals surface area contributed by atoms with E-state index < -0.39 is 0 Å². The predicted octanol–water partition coefficient (Wildman–Crippen LogP) is 0.0500. The number of hydrogen-bond donors (Lipinski definition) is 1. The summed E-state index contributed by atoms with van der Waals surface area (Å²) in [4.78, 5) is 25.3. The first-order chi connectivity index (χ1) is 5.59. The van der Waals surface area contributed by atoms with Crippen molar-refractivity contribution in [2.24, 2.45) is 4.99 Å². The molecule has 64 valence electrons. The van der Waals surface area contributed by atoms with Crippen molar-refractivity contribution in [3.63, 3.8) is 0 Å². The van der Waals surface area contributed by atoms with E-state index in [1.54, 1.807) is 6.08 Å². The van der Waals surface area contributed by atoms with Gasteiger partial charge in [0.1, 0.15) is 5.71 Å². The smallest absolute Gasteiger partial charge is 0.221 e. The molecule has 0 saturated heterocycles. The van der Waals surface area contributed by atoms with Crippen LogP contribution in [0.3, 0.4) is 0 Å². The lowest BCUT2D eigenvalue weighted by Crippen LogP contribution is -2.19. The van der Waals surface area contributed by atoms with E-state index in [9.17, 15) is 9.59 Å². The van der Waals surface area contributed by atoms with Crippen molar-refractivity contribution < 1.29 is 9.59 Å². The number of aliphatic imine (C=N–C) groups is 1. The molecular weight excluding hydrogens is 156 g/mol. The van der Waals surface area contributed by atoms with Gasteiger partial charge >= 0.3 is 0 Å². The van der Waals surface area contributed by atoms with Crippen molar-refractivity contribution in [2.75, 3.05) is 6.54 Å². The van der Waals surface area contributed by atoms with Gasteiger partial charge in [0.25, 0.3) is 0 Å². The normalized spacial score (nSPS) is 15.2. The second-order valence-electron chi connectivity index (χ2n) is 2.61. The molecule has 0 aromatic heterocycles. The van der Waals surface area contributed by atoms with Crippen LogP contribution in [0.1, 0.15) is 13.8 Å². The Bertz CT molecular complexity index is 289. The minimum atomic E-state index is -0.138. The Hall–Kier alpha value is -1.45. The Morgan fingerprint density at radius 2 is 2.17 bits per heavy atom. The lowest BCUT2D eigenvalue weighted by atomic mass is 10.2. The van der Waals surface area contributed by atoms with Crippen LogP contribution in [0.15, 0.2) is 16.8 Å². The zero-order valence-corrected chi connectivity index (χ0v) is 7.05. The molecule has 0 radical (unpaired) electrons. The number of Topliss-reactive ketones (excluding diaryl/α,β-unsaturated/α-hetero) is 1. The number of nitrogens with zero attached hydrogens (tertiary/aromatic N) is 1. The van der Waals surface area contributed by atoms with Gasteiger partial charge in [-0.3, -0.25) is 14.6 Å². The number of ketones is 1. The van der Waals surface area contributed by atoms with Crippen LogP contribution in [-0.2, 0) is 9.59 Å². The van der Waals surface area contributed by atoms with Crippen molar-refractivity contribution in [1.29, 1.82) is 0 Å². The maximum Gasteiger partial charge on any atom is 0.221 e. The summed E-state index contributed by atoms with van der Waals surface area (Å²) in [6.45, 7) is 3.27. The third-order valence-electron chi connectivity index (χ3n) is 1.43. The Morgan fingerprint density at radius 3 is 2.58 bits per heavy atom. The molecule has 0 aliphatic carbocycles. The molecule has 1 rings (SSSR count). The zero-order chi connectivity index (χ0) is 9.14. The number of carbonyl (C=O) groups is 2. The molecule has 0 aromatic rings. The van der Waals surface area contributed by atoms with E-state index in [2.05, 4.69) is 10.3 Å². The van der Waals surface area contributed by atoms with E-state index in [4.69, 9.17) is 0 Å². The fourth-order valence-corrected chi connectivity index (χ4v) is 0.941. The van der Waals surface area contributed by atoms with E-state index in [1.807, 2.05) is 0 Å². The van der Waals surface area contributed by atoms with Crippen molar-refractivity contribution in [1.82, 2.24) is 5.32 Å². The molecule has 0 spiro atoms. The fourth-order valence-electron chi connectivity index (χ4n) is 0.941. The molecule has 0 saturated carbocycles. The molecule has 0 aromatic carbocycles. The molecule has 1 aliphatic rings. The van der Waals surface area contributed by atoms with E-state index in [0.717, 1.165) is 0 Å². The topological polar surface area (TPSA) is 58.5 Å². The highest BCUT2D eigenvalue weighted by molar-refractivity contribution is 6.44. The SMILES string of the molecule is CC(=O)NC1=CC(C(C)=O)=NC1. The van der Waals surface area contributed by atoms with Gasteiger partial charge in [-0.25, -0.2) is 0 Å². The maximum absolute atomic E-state index is 10.8. The highest BCUT2D eigenvalue weighted by Crippen LogP contribution is 2.02. The lowest BCUT2D eigenvalue weighted by Gasteiger charge is -1.98. The lowest BCUT2D eigenvalue weighted by molar-refractivity contribution is -0.118. The van der Waals surface area contributed by atoms with Crippen molar-refractivity contribution in [3.8, 4) is 0 Å². The largest absolute Gasteiger partial charge is 0.328 e. The van der Waals surface area contributed by atoms with Crippen LogP contribution >= 0.6 is 0 Å². The third-order valence-corrected chi connectivity index (χ3v) is 1.43. The van der Waals surface area contributed by atoms with Crippen LogP contribution in [-0.4, -0.2) is 23.9 Å². The monoisotopic (exact) mass is 166 g/mol. The summed E-state index contributed by atoms with van der Waals surface area (Å²) in [5, 5.41) is 2.58. The van der Waals surface area contributed by atoms with Crippen LogP contribution in [0.5, 0.6) is 0 Å². The van der Waals surface area contributed by atoms with Gasteiger partial charge < -0.3 is 5.32 Å². The second-order valence-corrected chi connectivity index (χ2v) is 2.61. The Balaban J connectivity index is 2.61. The minimum absolute atomic E-state index is 0.0737. The number of amides is 1. The summed E-state index contributed by atoms with van der Waals surface area (Å²) in [5.41, 5.74) is 1.12. The number of hydrogen-bond acceptors (Lipinski definition) is 3. The highest BCUT2D eigenvalue weighted by Gasteiger charge is 2.11. The number of rotatable bonds is 2. The Labute approximate surface area is 70.4 Å². The van der Waals surface area contributed by atoms with Gasteiger partial charge in [0.05, 0.1) is 6.54 Å². The van der Waals surface area contributed by atoms with Crippen LogP contribution in [0.4, 0.5) is 0 Å². The van der Waals surface area contributed by atoms with Gasteiger partial charge in [0.2, 0.25) is 5.91 Å². The molecular formula is C8H10N2O2. The van der Waals surface area contributed by atoms with E-state index in [0.29, 0.717) is 18.0 Å². The van der Waals surface area contributed by atoms with Crippen LogP contribution < -0.4 is 5.32 Å². The Morgan fingerprint density at radius 1 is 1.50 bits per heavy atom.